The van der Waals surface area contributed by atoms with Crippen molar-refractivity contribution in [2.75, 3.05) is 5.75 Å². The normalized spacial score (nSPS) is 10.6. The number of alkyl halides is 3. The minimum Gasteiger partial charge on any atom is -0.475 e. The first kappa shape index (κ1) is 15.7. The minimum atomic E-state index is -5.08. The van der Waals surface area contributed by atoms with Crippen molar-refractivity contribution in [1.29, 1.82) is 0 Å². The van der Waals surface area contributed by atoms with Crippen molar-refractivity contribution >= 4 is 17.7 Å². The van der Waals surface area contributed by atoms with Gasteiger partial charge in [0.1, 0.15) is 0 Å². The Kier molecular flexibility index (Phi) is 6.58. The zero-order valence-corrected chi connectivity index (χ0v) is 9.51. The Balaban J connectivity index is 0.000000325. The van der Waals surface area contributed by atoms with Crippen LogP contribution in [0.1, 0.15) is 12.8 Å². The van der Waals surface area contributed by atoms with Gasteiger partial charge in [-0.25, -0.2) is 4.79 Å². The van der Waals surface area contributed by atoms with Gasteiger partial charge in [0, 0.05) is 0 Å². The van der Waals surface area contributed by atoms with E-state index < -0.39 is 12.1 Å². The van der Waals surface area contributed by atoms with Crippen LogP contribution >= 0.6 is 11.8 Å². The number of aliphatic carboxylic acids is 1. The summed E-state index contributed by atoms with van der Waals surface area (Å²) in [6, 6.07) is 0. The Morgan fingerprint density at radius 1 is 1.53 bits per heavy atom. The molecule has 10 heteroatoms. The summed E-state index contributed by atoms with van der Waals surface area (Å²) in [6.45, 7) is 2.34. The van der Waals surface area contributed by atoms with Crippen LogP contribution in [-0.2, 0) is 11.3 Å². The molecule has 1 aromatic heterocycles. The van der Waals surface area contributed by atoms with Crippen molar-refractivity contribution in [3.8, 4) is 0 Å². The Hall–Kier alpha value is -1.29. The number of nitrogens with two attached hydrogens (primary N) is 1. The first-order chi connectivity index (χ1) is 7.81. The minimum absolute atomic E-state index is 0.317. The fourth-order valence-electron chi connectivity index (χ4n) is 0.502. The average molecular weight is 273 g/mol. The summed E-state index contributed by atoms with van der Waals surface area (Å²) in [7, 11) is 0. The third-order valence-corrected chi connectivity index (χ3v) is 1.83. The van der Waals surface area contributed by atoms with E-state index in [2.05, 4.69) is 10.2 Å². The third-order valence-electron chi connectivity index (χ3n) is 1.13. The molecule has 1 rings (SSSR count). The molecule has 1 heterocycles. The van der Waals surface area contributed by atoms with Gasteiger partial charge in [-0.15, -0.1) is 10.2 Å². The number of aromatic nitrogens is 2. The number of halogens is 3. The monoisotopic (exact) mass is 273 g/mol. The number of carboxylic acid groups (broad SMARTS) is 1. The van der Waals surface area contributed by atoms with E-state index in [9.17, 15) is 13.2 Å². The molecule has 0 amide bonds. The molecule has 0 aliphatic rings. The second kappa shape index (κ2) is 7.12. The van der Waals surface area contributed by atoms with Crippen molar-refractivity contribution in [1.82, 2.24) is 10.2 Å². The van der Waals surface area contributed by atoms with Gasteiger partial charge in [-0.2, -0.15) is 13.2 Å². The van der Waals surface area contributed by atoms with Crippen LogP contribution in [0.25, 0.3) is 0 Å². The Morgan fingerprint density at radius 3 is 2.35 bits per heavy atom. The molecular formula is C7H10F3N3O3S. The molecule has 6 nitrogen and oxygen atoms in total. The fourth-order valence-corrected chi connectivity index (χ4v) is 1.00. The lowest BCUT2D eigenvalue weighted by Crippen LogP contribution is -2.21. The topological polar surface area (TPSA) is 102 Å². The molecule has 0 radical (unpaired) electrons. The zero-order valence-electron chi connectivity index (χ0n) is 8.69. The lowest BCUT2D eigenvalue weighted by molar-refractivity contribution is -0.192. The molecule has 0 aliphatic heterocycles. The molecule has 0 saturated heterocycles. The molecule has 0 unspecified atom stereocenters. The molecule has 0 spiro atoms. The highest BCUT2D eigenvalue weighted by atomic mass is 32.2. The molecule has 0 aromatic carbocycles. The number of carboxylic acids is 1. The zero-order chi connectivity index (χ0) is 13.5. The largest absolute Gasteiger partial charge is 0.490 e. The van der Waals surface area contributed by atoms with Gasteiger partial charge in [0.15, 0.2) is 0 Å². The van der Waals surface area contributed by atoms with Crippen LogP contribution in [-0.4, -0.2) is 33.2 Å². The van der Waals surface area contributed by atoms with Crippen LogP contribution in [0.3, 0.4) is 0 Å². The highest BCUT2D eigenvalue weighted by molar-refractivity contribution is 7.99. The molecule has 3 N–H and O–H groups in total. The number of rotatable bonds is 3. The number of hydrogen-bond donors (Lipinski definition) is 2. The summed E-state index contributed by atoms with van der Waals surface area (Å²) >= 11 is 1.52. The molecule has 0 saturated carbocycles. The van der Waals surface area contributed by atoms with Gasteiger partial charge in [0.25, 0.3) is 5.22 Å². The summed E-state index contributed by atoms with van der Waals surface area (Å²) in [5, 5.41) is 15.2. The molecule has 0 bridgehead atoms. The first-order valence-electron chi connectivity index (χ1n) is 4.26. The number of carbonyl (C=O) groups is 1. The van der Waals surface area contributed by atoms with Crippen molar-refractivity contribution in [2.24, 2.45) is 5.73 Å². The van der Waals surface area contributed by atoms with Crippen molar-refractivity contribution in [3.05, 3.63) is 5.89 Å². The van der Waals surface area contributed by atoms with Crippen LogP contribution in [0.15, 0.2) is 9.64 Å². The summed E-state index contributed by atoms with van der Waals surface area (Å²) < 4.78 is 36.8. The van der Waals surface area contributed by atoms with Crippen LogP contribution in [0.4, 0.5) is 13.2 Å². The van der Waals surface area contributed by atoms with E-state index in [4.69, 9.17) is 20.1 Å². The maximum atomic E-state index is 10.6. The van der Waals surface area contributed by atoms with E-state index in [0.29, 0.717) is 17.7 Å². The van der Waals surface area contributed by atoms with Crippen LogP contribution in [0.5, 0.6) is 0 Å². The fraction of sp³-hybridized carbons (Fsp3) is 0.571. The van der Waals surface area contributed by atoms with Crippen LogP contribution in [0.2, 0.25) is 0 Å². The molecule has 17 heavy (non-hydrogen) atoms. The van der Waals surface area contributed by atoms with Crippen molar-refractivity contribution in [3.63, 3.8) is 0 Å². The number of nitrogens with zero attached hydrogens (tertiary/aromatic N) is 2. The molecule has 0 atom stereocenters. The Labute approximate surface area is 98.4 Å². The van der Waals surface area contributed by atoms with Crippen molar-refractivity contribution < 1.29 is 27.5 Å². The maximum Gasteiger partial charge on any atom is 0.490 e. The van der Waals surface area contributed by atoms with Gasteiger partial charge in [-0.05, 0) is 5.75 Å². The van der Waals surface area contributed by atoms with E-state index in [1.807, 2.05) is 6.92 Å². The van der Waals surface area contributed by atoms with E-state index in [0.717, 1.165) is 5.75 Å². The van der Waals surface area contributed by atoms with Crippen LogP contribution in [0, 0.1) is 0 Å². The number of hydrogen-bond acceptors (Lipinski definition) is 6. The molecule has 98 valence electrons. The molecule has 0 aliphatic carbocycles. The standard InChI is InChI=1S/C5H9N3OS.C2HF3O2/c1-2-10-5-8-7-4(3-6)9-5;3-2(4,5)1(6)7/h2-3,6H2,1H3;(H,6,7). The lowest BCUT2D eigenvalue weighted by Gasteiger charge is -1.93. The van der Waals surface area contributed by atoms with E-state index in [-0.39, 0.29) is 0 Å². The predicted molar refractivity (Wildman–Crippen MR) is 52.3 cm³/mol. The van der Waals surface area contributed by atoms with E-state index in [1.54, 1.807) is 0 Å². The smallest absolute Gasteiger partial charge is 0.475 e. The quantitative estimate of drug-likeness (QED) is 0.799. The van der Waals surface area contributed by atoms with E-state index >= 15 is 0 Å². The van der Waals surface area contributed by atoms with Gasteiger partial charge in [0.2, 0.25) is 5.89 Å². The molecular weight excluding hydrogens is 263 g/mol. The highest BCUT2D eigenvalue weighted by Crippen LogP contribution is 2.14. The summed E-state index contributed by atoms with van der Waals surface area (Å²) in [5.74, 6) is -1.32. The number of thioether (sulfide) groups is 1. The Bertz CT molecular complexity index is 356. The van der Waals surface area contributed by atoms with Gasteiger partial charge < -0.3 is 15.3 Å². The maximum absolute atomic E-state index is 10.6. The average Bonchev–Trinajstić information content (AvgIpc) is 2.66. The highest BCUT2D eigenvalue weighted by Gasteiger charge is 2.38. The summed E-state index contributed by atoms with van der Waals surface area (Å²) in [4.78, 5) is 8.90. The summed E-state index contributed by atoms with van der Waals surface area (Å²) in [6.07, 6.45) is -5.08. The Morgan fingerprint density at radius 2 is 2.06 bits per heavy atom. The lowest BCUT2D eigenvalue weighted by atomic mass is 10.7. The van der Waals surface area contributed by atoms with Gasteiger partial charge in [-0.1, -0.05) is 18.7 Å². The van der Waals surface area contributed by atoms with Crippen LogP contribution < -0.4 is 5.73 Å². The van der Waals surface area contributed by atoms with E-state index in [1.165, 1.54) is 11.8 Å². The van der Waals surface area contributed by atoms with Crippen molar-refractivity contribution in [2.45, 2.75) is 24.9 Å². The van der Waals surface area contributed by atoms with Gasteiger partial charge >= 0.3 is 12.1 Å². The van der Waals surface area contributed by atoms with Gasteiger partial charge in [0.05, 0.1) is 6.54 Å². The molecule has 1 aromatic rings. The third kappa shape index (κ3) is 6.79. The second-order valence-electron chi connectivity index (χ2n) is 2.40. The van der Waals surface area contributed by atoms with Gasteiger partial charge in [-0.3, -0.25) is 0 Å². The SMILES string of the molecule is CCSc1nnc(CN)o1.O=C(O)C(F)(F)F. The first-order valence-corrected chi connectivity index (χ1v) is 5.25. The molecule has 0 fully saturated rings. The second-order valence-corrected chi connectivity index (χ2v) is 3.62. The summed E-state index contributed by atoms with van der Waals surface area (Å²) in [5.41, 5.74) is 5.25. The predicted octanol–water partition coefficient (Wildman–Crippen LogP) is 1.27.